The Morgan fingerprint density at radius 2 is 1.74 bits per heavy atom. The summed E-state index contributed by atoms with van der Waals surface area (Å²) in [4.78, 5) is 0. The van der Waals surface area contributed by atoms with Gasteiger partial charge in [0.1, 0.15) is 0 Å². The number of hydrogen-bond acceptors (Lipinski definition) is 4. The van der Waals surface area contributed by atoms with E-state index in [4.69, 9.17) is 11.6 Å². The summed E-state index contributed by atoms with van der Waals surface area (Å²) in [5, 5.41) is 16.2. The second-order valence-electron chi connectivity index (χ2n) is 5.50. The van der Waals surface area contributed by atoms with Gasteiger partial charge in [0, 0.05) is 9.50 Å². The van der Waals surface area contributed by atoms with Gasteiger partial charge in [-0.05, 0) is 52.2 Å². The van der Waals surface area contributed by atoms with Crippen molar-refractivity contribution in [1.29, 1.82) is 0 Å². The molecule has 0 saturated carbocycles. The predicted molar refractivity (Wildman–Crippen MR) is 92.5 cm³/mol. The summed E-state index contributed by atoms with van der Waals surface area (Å²) < 4.78 is 2.90. The maximum absolute atomic E-state index is 5.99. The smallest absolute Gasteiger partial charge is 0.243 e. The lowest BCUT2D eigenvalue weighted by atomic mass is 9.93. The Balaban J connectivity index is 1.71. The molecule has 2 heterocycles. The molecule has 0 saturated heterocycles. The lowest BCUT2D eigenvalue weighted by Crippen LogP contribution is -2.28. The number of nitrogens with one attached hydrogen (secondary N) is 1. The van der Waals surface area contributed by atoms with Gasteiger partial charge in [-0.3, -0.25) is 0 Å². The molecule has 0 bridgehead atoms. The van der Waals surface area contributed by atoms with Gasteiger partial charge in [0.15, 0.2) is 0 Å². The van der Waals surface area contributed by atoms with Crippen LogP contribution in [-0.4, -0.2) is 20.2 Å². The molecule has 1 N–H and O–H groups in total. The molecule has 0 unspecified atom stereocenters. The average Bonchev–Trinajstić information content (AvgIpc) is 3.04. The molecular formula is C16H13BrClN5. The van der Waals surface area contributed by atoms with Crippen molar-refractivity contribution in [2.75, 3.05) is 5.32 Å². The van der Waals surface area contributed by atoms with Gasteiger partial charge in [-0.25, -0.2) is 4.68 Å². The Labute approximate surface area is 146 Å². The highest BCUT2D eigenvalue weighted by Gasteiger charge is 2.30. The van der Waals surface area contributed by atoms with Gasteiger partial charge in [-0.1, -0.05) is 56.9 Å². The summed E-state index contributed by atoms with van der Waals surface area (Å²) in [7, 11) is 0. The lowest BCUT2D eigenvalue weighted by Gasteiger charge is -2.31. The molecule has 0 spiro atoms. The first-order chi connectivity index (χ1) is 11.2. The number of aromatic nitrogens is 4. The van der Waals surface area contributed by atoms with Crippen LogP contribution in [0, 0.1) is 0 Å². The zero-order valence-electron chi connectivity index (χ0n) is 12.0. The first kappa shape index (κ1) is 14.7. The van der Waals surface area contributed by atoms with E-state index in [9.17, 15) is 0 Å². The number of anilines is 1. The molecule has 1 aliphatic rings. The molecule has 4 rings (SSSR count). The monoisotopic (exact) mass is 389 g/mol. The molecule has 1 aliphatic heterocycles. The summed E-state index contributed by atoms with van der Waals surface area (Å²) in [6.45, 7) is 0. The van der Waals surface area contributed by atoms with Gasteiger partial charge in [-0.2, -0.15) is 0 Å². The van der Waals surface area contributed by atoms with E-state index < -0.39 is 0 Å². The molecule has 1 aromatic heterocycles. The Bertz CT molecular complexity index is 815. The van der Waals surface area contributed by atoms with E-state index in [2.05, 4.69) is 48.9 Å². The summed E-state index contributed by atoms with van der Waals surface area (Å²) in [5.74, 6) is 0.684. The summed E-state index contributed by atoms with van der Waals surface area (Å²) in [6, 6.07) is 16.4. The van der Waals surface area contributed by atoms with Crippen molar-refractivity contribution in [2.24, 2.45) is 0 Å². The fourth-order valence-electron chi connectivity index (χ4n) is 2.91. The second-order valence-corrected chi connectivity index (χ2v) is 6.85. The van der Waals surface area contributed by atoms with Gasteiger partial charge < -0.3 is 5.32 Å². The normalized spacial score (nSPS) is 19.9. The van der Waals surface area contributed by atoms with Crippen molar-refractivity contribution >= 4 is 33.5 Å². The van der Waals surface area contributed by atoms with E-state index in [1.54, 1.807) is 0 Å². The van der Waals surface area contributed by atoms with Crippen molar-refractivity contribution in [2.45, 2.75) is 18.5 Å². The van der Waals surface area contributed by atoms with Crippen LogP contribution < -0.4 is 5.32 Å². The fourth-order valence-corrected chi connectivity index (χ4v) is 3.30. The van der Waals surface area contributed by atoms with E-state index in [-0.39, 0.29) is 12.1 Å². The number of hydrogen-bond donors (Lipinski definition) is 1. The van der Waals surface area contributed by atoms with Gasteiger partial charge in [0.25, 0.3) is 0 Å². The van der Waals surface area contributed by atoms with Crippen molar-refractivity contribution in [3.05, 3.63) is 69.2 Å². The minimum absolute atomic E-state index is 0.0926. The van der Waals surface area contributed by atoms with Crippen LogP contribution in [0.2, 0.25) is 5.02 Å². The number of halogens is 2. The number of rotatable bonds is 2. The minimum Gasteiger partial charge on any atom is -0.346 e. The van der Waals surface area contributed by atoms with Crippen LogP contribution in [0.4, 0.5) is 5.95 Å². The SMILES string of the molecule is Clc1ccc([C@@H]2C[C@H](c3ccc(Br)cc3)n3nnnc3N2)cc1. The molecule has 0 aliphatic carbocycles. The van der Waals surface area contributed by atoms with E-state index in [0.29, 0.717) is 5.95 Å². The van der Waals surface area contributed by atoms with Crippen LogP contribution in [0.25, 0.3) is 0 Å². The summed E-state index contributed by atoms with van der Waals surface area (Å²) in [5.41, 5.74) is 2.35. The third kappa shape index (κ3) is 2.84. The molecule has 0 radical (unpaired) electrons. The molecule has 3 aromatic rings. The maximum Gasteiger partial charge on any atom is 0.243 e. The van der Waals surface area contributed by atoms with Gasteiger partial charge >= 0.3 is 0 Å². The van der Waals surface area contributed by atoms with Gasteiger partial charge in [-0.15, -0.1) is 0 Å². The largest absolute Gasteiger partial charge is 0.346 e. The van der Waals surface area contributed by atoms with Crippen molar-refractivity contribution in [3.63, 3.8) is 0 Å². The summed E-state index contributed by atoms with van der Waals surface area (Å²) >= 11 is 9.47. The first-order valence-electron chi connectivity index (χ1n) is 7.26. The van der Waals surface area contributed by atoms with Crippen molar-refractivity contribution < 1.29 is 0 Å². The lowest BCUT2D eigenvalue weighted by molar-refractivity contribution is 0.424. The first-order valence-corrected chi connectivity index (χ1v) is 8.43. The van der Waals surface area contributed by atoms with Crippen LogP contribution in [0.5, 0.6) is 0 Å². The van der Waals surface area contributed by atoms with Crippen LogP contribution in [0.15, 0.2) is 53.0 Å². The molecular weight excluding hydrogens is 378 g/mol. The van der Waals surface area contributed by atoms with Gasteiger partial charge in [0.05, 0.1) is 12.1 Å². The molecule has 23 heavy (non-hydrogen) atoms. The van der Waals surface area contributed by atoms with Crippen molar-refractivity contribution in [3.8, 4) is 0 Å². The number of benzene rings is 2. The minimum atomic E-state index is 0.0926. The Hall–Kier alpha value is -1.92. The van der Waals surface area contributed by atoms with E-state index in [1.807, 2.05) is 41.1 Å². The number of tetrazole rings is 1. The van der Waals surface area contributed by atoms with E-state index in [0.717, 1.165) is 15.9 Å². The topological polar surface area (TPSA) is 55.6 Å². The second kappa shape index (κ2) is 5.94. The highest BCUT2D eigenvalue weighted by atomic mass is 79.9. The average molecular weight is 391 g/mol. The summed E-state index contributed by atoms with van der Waals surface area (Å²) in [6.07, 6.45) is 0.862. The molecule has 5 nitrogen and oxygen atoms in total. The van der Waals surface area contributed by atoms with Crippen LogP contribution in [0.3, 0.4) is 0 Å². The van der Waals surface area contributed by atoms with E-state index >= 15 is 0 Å². The van der Waals surface area contributed by atoms with E-state index in [1.165, 1.54) is 11.1 Å². The zero-order chi connectivity index (χ0) is 15.8. The third-order valence-corrected chi connectivity index (χ3v) is 4.86. The quantitative estimate of drug-likeness (QED) is 0.711. The maximum atomic E-state index is 5.99. The third-order valence-electron chi connectivity index (χ3n) is 4.08. The Morgan fingerprint density at radius 3 is 2.48 bits per heavy atom. The molecule has 0 amide bonds. The standard InChI is InChI=1S/C16H13BrClN5/c17-12-5-1-11(2-6-12)15-9-14(10-3-7-13(18)8-4-10)19-16-20-21-22-23(15)16/h1-8,14-15H,9H2,(H,19,20,22)/t14-,15+/m0/s1. The zero-order valence-corrected chi connectivity index (χ0v) is 14.4. The number of nitrogens with zero attached hydrogens (tertiary/aromatic N) is 4. The van der Waals surface area contributed by atoms with Gasteiger partial charge in [0.2, 0.25) is 5.95 Å². The van der Waals surface area contributed by atoms with Crippen LogP contribution in [-0.2, 0) is 0 Å². The molecule has 2 atom stereocenters. The Kier molecular flexibility index (Phi) is 3.79. The van der Waals surface area contributed by atoms with Crippen LogP contribution >= 0.6 is 27.5 Å². The Morgan fingerprint density at radius 1 is 1.04 bits per heavy atom. The highest BCUT2D eigenvalue weighted by Crippen LogP contribution is 2.37. The molecule has 0 fully saturated rings. The van der Waals surface area contributed by atoms with Crippen molar-refractivity contribution in [1.82, 2.24) is 20.2 Å². The van der Waals surface area contributed by atoms with Crippen LogP contribution in [0.1, 0.15) is 29.6 Å². The fraction of sp³-hybridized carbons (Fsp3) is 0.188. The molecule has 2 aromatic carbocycles. The predicted octanol–water partition coefficient (Wildman–Crippen LogP) is 4.24. The molecule has 7 heteroatoms. The number of fused-ring (bicyclic) bond motifs is 1. The highest BCUT2D eigenvalue weighted by molar-refractivity contribution is 9.10. The molecule has 116 valence electrons.